The Hall–Kier alpha value is -3.22. The van der Waals surface area contributed by atoms with Crippen LogP contribution >= 0.6 is 34.4 Å². The molecule has 0 aliphatic rings. The number of nitro benzene ring substituents is 1. The van der Waals surface area contributed by atoms with Gasteiger partial charge >= 0.3 is 0 Å². The molecule has 0 bridgehead atoms. The highest BCUT2D eigenvalue weighted by molar-refractivity contribution is 7.99. The molecule has 12 heteroatoms. The van der Waals surface area contributed by atoms with E-state index in [4.69, 9.17) is 0 Å². The minimum Gasteiger partial charge on any atom is -0.506 e. The van der Waals surface area contributed by atoms with Crippen molar-refractivity contribution in [2.75, 3.05) is 11.1 Å². The lowest BCUT2D eigenvalue weighted by Crippen LogP contribution is -2.15. The van der Waals surface area contributed by atoms with Crippen molar-refractivity contribution >= 4 is 61.9 Å². The number of non-ortho nitro benzene ring substituents is 1. The standard InChI is InChI=1S/C18H12N4O5S3/c23-12-4-3-9(22(26)27)6-11(12)19-14(24)8-30-18-20-16(25)15-10(7-29-17(15)21-18)13-2-1-5-28-13/h1-7,23H,8H2,(H,19,24)(H,20,21,25). The number of hydrogen-bond acceptors (Lipinski definition) is 9. The third-order valence-electron chi connectivity index (χ3n) is 4.01. The zero-order chi connectivity index (χ0) is 21.3. The smallest absolute Gasteiger partial charge is 0.271 e. The van der Waals surface area contributed by atoms with Gasteiger partial charge in [-0.2, -0.15) is 0 Å². The molecule has 9 nitrogen and oxygen atoms in total. The maximum Gasteiger partial charge on any atom is 0.271 e. The first-order chi connectivity index (χ1) is 14.4. The van der Waals surface area contributed by atoms with Crippen LogP contribution in [0, 0.1) is 10.1 Å². The Balaban J connectivity index is 1.49. The third kappa shape index (κ3) is 4.06. The van der Waals surface area contributed by atoms with E-state index in [0.717, 1.165) is 40.4 Å². The van der Waals surface area contributed by atoms with Gasteiger partial charge in [-0.25, -0.2) is 4.98 Å². The molecule has 30 heavy (non-hydrogen) atoms. The van der Waals surface area contributed by atoms with Gasteiger partial charge in [0, 0.05) is 28.0 Å². The number of nitrogens with zero attached hydrogens (tertiary/aromatic N) is 2. The zero-order valence-corrected chi connectivity index (χ0v) is 17.4. The Kier molecular flexibility index (Phi) is 5.53. The molecule has 3 heterocycles. The van der Waals surface area contributed by atoms with Crippen molar-refractivity contribution in [1.29, 1.82) is 0 Å². The number of H-pyrrole nitrogens is 1. The normalized spacial score (nSPS) is 10.9. The van der Waals surface area contributed by atoms with Crippen LogP contribution in [0.3, 0.4) is 0 Å². The van der Waals surface area contributed by atoms with Crippen molar-refractivity contribution < 1.29 is 14.8 Å². The van der Waals surface area contributed by atoms with Gasteiger partial charge in [0.2, 0.25) is 5.91 Å². The minimum absolute atomic E-state index is 0.0643. The molecule has 0 spiro atoms. The Morgan fingerprint density at radius 2 is 2.17 bits per heavy atom. The van der Waals surface area contributed by atoms with Crippen LogP contribution in [0.2, 0.25) is 0 Å². The molecule has 4 aromatic rings. The summed E-state index contributed by atoms with van der Waals surface area (Å²) in [7, 11) is 0. The predicted molar refractivity (Wildman–Crippen MR) is 118 cm³/mol. The van der Waals surface area contributed by atoms with Crippen LogP contribution < -0.4 is 10.9 Å². The number of thioether (sulfide) groups is 1. The molecule has 0 unspecified atom stereocenters. The molecule has 1 amide bonds. The summed E-state index contributed by atoms with van der Waals surface area (Å²) in [5.41, 5.74) is 0.218. The highest BCUT2D eigenvalue weighted by Gasteiger charge is 2.16. The zero-order valence-electron chi connectivity index (χ0n) is 14.9. The van der Waals surface area contributed by atoms with Gasteiger partial charge in [0.1, 0.15) is 10.6 Å². The summed E-state index contributed by atoms with van der Waals surface area (Å²) in [5, 5.41) is 27.7. The summed E-state index contributed by atoms with van der Waals surface area (Å²) < 4.78 is 0. The second-order valence-electron chi connectivity index (χ2n) is 5.97. The number of benzene rings is 1. The second-order valence-corrected chi connectivity index (χ2v) is 8.74. The molecule has 0 atom stereocenters. The lowest BCUT2D eigenvalue weighted by atomic mass is 10.2. The molecule has 4 rings (SSSR count). The number of anilines is 1. The molecule has 0 aliphatic heterocycles. The first kappa shape index (κ1) is 20.1. The maximum absolute atomic E-state index is 12.6. The molecule has 0 fully saturated rings. The number of aromatic hydroxyl groups is 1. The number of fused-ring (bicyclic) bond motifs is 1. The summed E-state index contributed by atoms with van der Waals surface area (Å²) in [4.78, 5) is 43.6. The molecule has 3 N–H and O–H groups in total. The van der Waals surface area contributed by atoms with Crippen molar-refractivity contribution in [3.8, 4) is 16.2 Å². The molecule has 0 saturated heterocycles. The number of amides is 1. The van der Waals surface area contributed by atoms with E-state index >= 15 is 0 Å². The molecule has 1 aromatic carbocycles. The molecular formula is C18H12N4O5S3. The van der Waals surface area contributed by atoms with E-state index < -0.39 is 10.8 Å². The molecule has 0 aliphatic carbocycles. The van der Waals surface area contributed by atoms with Crippen LogP contribution in [-0.4, -0.2) is 31.7 Å². The number of hydrogen-bond donors (Lipinski definition) is 3. The van der Waals surface area contributed by atoms with Gasteiger partial charge in [-0.1, -0.05) is 17.8 Å². The van der Waals surface area contributed by atoms with Crippen LogP contribution in [0.4, 0.5) is 11.4 Å². The van der Waals surface area contributed by atoms with Crippen LogP contribution in [-0.2, 0) is 4.79 Å². The molecule has 152 valence electrons. The van der Waals surface area contributed by atoms with Gasteiger partial charge < -0.3 is 15.4 Å². The quantitative estimate of drug-likeness (QED) is 0.130. The average Bonchev–Trinajstić information content (AvgIpc) is 3.37. The van der Waals surface area contributed by atoms with Gasteiger partial charge in [-0.15, -0.1) is 22.7 Å². The number of nitrogens with one attached hydrogen (secondary N) is 2. The molecule has 0 radical (unpaired) electrons. The number of carbonyl (C=O) groups is 1. The number of phenols is 1. The van der Waals surface area contributed by atoms with Gasteiger partial charge in [0.15, 0.2) is 5.16 Å². The number of aromatic amines is 1. The van der Waals surface area contributed by atoms with Gasteiger partial charge in [-0.05, 0) is 17.5 Å². The second kappa shape index (κ2) is 8.26. The van der Waals surface area contributed by atoms with Gasteiger partial charge in [0.25, 0.3) is 11.2 Å². The third-order valence-corrected chi connectivity index (χ3v) is 6.66. The van der Waals surface area contributed by atoms with Crippen LogP contribution in [0.25, 0.3) is 20.7 Å². The number of phenolic OH excluding ortho intramolecular Hbond substituents is 1. The van der Waals surface area contributed by atoms with Gasteiger partial charge in [0.05, 0.1) is 21.7 Å². The van der Waals surface area contributed by atoms with E-state index in [1.54, 1.807) is 0 Å². The number of thiophene rings is 2. The lowest BCUT2D eigenvalue weighted by molar-refractivity contribution is -0.384. The van der Waals surface area contributed by atoms with Crippen LogP contribution in [0.1, 0.15) is 0 Å². The summed E-state index contributed by atoms with van der Waals surface area (Å²) in [6.07, 6.45) is 0. The van der Waals surface area contributed by atoms with E-state index in [-0.39, 0.29) is 33.6 Å². The number of carbonyl (C=O) groups excluding carboxylic acids is 1. The molecule has 3 aromatic heterocycles. The highest BCUT2D eigenvalue weighted by Crippen LogP contribution is 2.34. The van der Waals surface area contributed by atoms with Crippen LogP contribution in [0.5, 0.6) is 5.75 Å². The fourth-order valence-corrected chi connectivity index (χ4v) is 5.15. The first-order valence-corrected chi connectivity index (χ1v) is 11.1. The van der Waals surface area contributed by atoms with Crippen molar-refractivity contribution in [3.05, 3.63) is 61.6 Å². The number of rotatable bonds is 6. The first-order valence-electron chi connectivity index (χ1n) is 8.38. The Morgan fingerprint density at radius 1 is 1.33 bits per heavy atom. The van der Waals surface area contributed by atoms with Gasteiger partial charge in [-0.3, -0.25) is 19.7 Å². The monoisotopic (exact) mass is 460 g/mol. The Bertz CT molecular complexity index is 1310. The van der Waals surface area contributed by atoms with Crippen LogP contribution in [0.15, 0.2) is 51.0 Å². The Morgan fingerprint density at radius 3 is 2.90 bits per heavy atom. The topological polar surface area (TPSA) is 138 Å². The fraction of sp³-hybridized carbons (Fsp3) is 0.0556. The molecule has 0 saturated carbocycles. The Labute approximate surface area is 180 Å². The van der Waals surface area contributed by atoms with Crippen molar-refractivity contribution in [2.45, 2.75) is 5.16 Å². The average molecular weight is 461 g/mol. The van der Waals surface area contributed by atoms with E-state index in [1.165, 1.54) is 22.7 Å². The van der Waals surface area contributed by atoms with Crippen molar-refractivity contribution in [2.24, 2.45) is 0 Å². The van der Waals surface area contributed by atoms with E-state index in [1.807, 2.05) is 22.9 Å². The number of nitro groups is 1. The minimum atomic E-state index is -0.626. The number of aromatic nitrogens is 2. The predicted octanol–water partition coefficient (Wildman–Crippen LogP) is 4.06. The summed E-state index contributed by atoms with van der Waals surface area (Å²) >= 11 is 3.90. The van der Waals surface area contributed by atoms with E-state index in [2.05, 4.69) is 15.3 Å². The largest absolute Gasteiger partial charge is 0.506 e. The summed E-state index contributed by atoms with van der Waals surface area (Å²) in [5.74, 6) is -0.907. The highest BCUT2D eigenvalue weighted by atomic mass is 32.2. The summed E-state index contributed by atoms with van der Waals surface area (Å²) in [6, 6.07) is 7.18. The summed E-state index contributed by atoms with van der Waals surface area (Å²) in [6.45, 7) is 0. The van der Waals surface area contributed by atoms with Crippen molar-refractivity contribution in [3.63, 3.8) is 0 Å². The van der Waals surface area contributed by atoms with E-state index in [9.17, 15) is 24.8 Å². The molecular weight excluding hydrogens is 448 g/mol. The lowest BCUT2D eigenvalue weighted by Gasteiger charge is -2.07. The SMILES string of the molecule is O=C(CSc1nc2scc(-c3cccs3)c2c(=O)[nH]1)Nc1cc([N+](=O)[O-])ccc1O. The fourth-order valence-electron chi connectivity index (χ4n) is 2.67. The van der Waals surface area contributed by atoms with E-state index in [0.29, 0.717) is 10.2 Å². The van der Waals surface area contributed by atoms with Crippen molar-refractivity contribution in [1.82, 2.24) is 9.97 Å². The maximum atomic E-state index is 12.6.